The van der Waals surface area contributed by atoms with Crippen molar-refractivity contribution in [2.24, 2.45) is 0 Å². The highest BCUT2D eigenvalue weighted by molar-refractivity contribution is 5.81. The zero-order valence-corrected chi connectivity index (χ0v) is 25.9. The number of rotatable bonds is 0. The molecule has 0 unspecified atom stereocenters. The summed E-state index contributed by atoms with van der Waals surface area (Å²) in [6, 6.07) is 5.29. The third kappa shape index (κ3) is 3.27. The molecule has 0 radical (unpaired) electrons. The number of hydrogen-bond acceptors (Lipinski definition) is 1. The monoisotopic (exact) mass is 510 g/mol. The molecule has 0 saturated heterocycles. The Morgan fingerprint density at radius 3 is 1.95 bits per heavy atom. The summed E-state index contributed by atoms with van der Waals surface area (Å²) in [4.78, 5) is 2.75. The quantitative estimate of drug-likeness (QED) is 0.298. The van der Waals surface area contributed by atoms with Crippen LogP contribution in [0.3, 0.4) is 0 Å². The van der Waals surface area contributed by atoms with Gasteiger partial charge in [-0.05, 0) is 87.8 Å². The number of nitrogens with zero attached hydrogens (tertiary/aromatic N) is 2. The van der Waals surface area contributed by atoms with Gasteiger partial charge in [-0.2, -0.15) is 0 Å². The van der Waals surface area contributed by atoms with Crippen molar-refractivity contribution in [3.63, 3.8) is 0 Å². The predicted molar refractivity (Wildman–Crippen MR) is 163 cm³/mol. The molecule has 0 fully saturated rings. The molecule has 7 rings (SSSR count). The molecule has 0 aromatic heterocycles. The van der Waals surface area contributed by atoms with E-state index in [-0.39, 0.29) is 29.1 Å². The van der Waals surface area contributed by atoms with Gasteiger partial charge in [-0.15, -0.1) is 0 Å². The van der Waals surface area contributed by atoms with Gasteiger partial charge in [0, 0.05) is 53.6 Å². The standard InChI is InChI=1S/C35H47N2.CH3/c1-21-22-19-26-30-28(34(6,7)12-16-36(30)14-10-32(26,2)3)24(22)18-25-23(21)20-27-31-29(25)35(8,9)13-17-37(31)15-11-33(27,4)5;/h19-20H,10-18H2,1-9H3;1H3/q+1;-1. The summed E-state index contributed by atoms with van der Waals surface area (Å²) in [5.74, 6) is 0. The smallest absolute Gasteiger partial charge is 0.207 e. The molecule has 2 aromatic rings. The molecule has 38 heavy (non-hydrogen) atoms. The van der Waals surface area contributed by atoms with Crippen LogP contribution < -0.4 is 20.1 Å². The van der Waals surface area contributed by atoms with Gasteiger partial charge in [0.1, 0.15) is 13.1 Å². The van der Waals surface area contributed by atoms with E-state index in [9.17, 15) is 0 Å². The van der Waals surface area contributed by atoms with Crippen molar-refractivity contribution >= 4 is 11.3 Å². The highest BCUT2D eigenvalue weighted by Crippen LogP contribution is 2.53. The van der Waals surface area contributed by atoms with E-state index in [0.717, 1.165) is 6.42 Å². The summed E-state index contributed by atoms with van der Waals surface area (Å²) >= 11 is 0. The Morgan fingerprint density at radius 1 is 0.684 bits per heavy atom. The summed E-state index contributed by atoms with van der Waals surface area (Å²) in [5, 5.41) is 3.16. The fourth-order valence-corrected chi connectivity index (χ4v) is 8.78. The van der Waals surface area contributed by atoms with Crippen LogP contribution in [-0.4, -0.2) is 26.2 Å². The zero-order valence-electron chi connectivity index (χ0n) is 25.9. The molecule has 2 heteroatoms. The van der Waals surface area contributed by atoms with Crippen molar-refractivity contribution < 1.29 is 0 Å². The van der Waals surface area contributed by atoms with Crippen molar-refractivity contribution in [3.05, 3.63) is 69.1 Å². The lowest BCUT2D eigenvalue weighted by Gasteiger charge is -2.50. The third-order valence-electron chi connectivity index (χ3n) is 11.4. The minimum absolute atomic E-state index is 0. The maximum atomic E-state index is 2.75. The minimum atomic E-state index is 0. The zero-order chi connectivity index (χ0) is 26.3. The maximum Gasteiger partial charge on any atom is 0.207 e. The first-order chi connectivity index (χ1) is 17.2. The average Bonchev–Trinajstić information content (AvgIpc) is 2.80. The van der Waals surface area contributed by atoms with Crippen LogP contribution in [0, 0.1) is 7.43 Å². The van der Waals surface area contributed by atoms with E-state index < -0.39 is 0 Å². The highest BCUT2D eigenvalue weighted by atomic mass is 15.2. The first kappa shape index (κ1) is 26.1. The maximum absolute atomic E-state index is 2.75. The van der Waals surface area contributed by atoms with Crippen molar-refractivity contribution in [1.29, 1.82) is 0 Å². The van der Waals surface area contributed by atoms with Gasteiger partial charge in [-0.1, -0.05) is 55.4 Å². The van der Waals surface area contributed by atoms with Gasteiger partial charge in [-0.3, -0.25) is 0 Å². The molecule has 4 aliphatic heterocycles. The Labute approximate surface area is 231 Å². The SMILES string of the molecule is CC1=c2cc3c4c(c2Cc2c1cc1c5c2C(C)(C)CCN5CCC1(C)C)C(C)(C)CC[N+]=4CCC3(C)C.[CH3-]. The molecule has 5 aliphatic rings. The van der Waals surface area contributed by atoms with E-state index in [1.54, 1.807) is 55.2 Å². The van der Waals surface area contributed by atoms with Crippen LogP contribution in [0.25, 0.3) is 5.57 Å². The molecule has 2 aromatic carbocycles. The van der Waals surface area contributed by atoms with Crippen LogP contribution >= 0.6 is 0 Å². The second-order valence-corrected chi connectivity index (χ2v) is 15.7. The molecule has 0 bridgehead atoms. The molecule has 204 valence electrons. The second kappa shape index (κ2) is 7.76. The van der Waals surface area contributed by atoms with Gasteiger partial charge in [0.25, 0.3) is 0 Å². The Balaban J connectivity index is 0.00000264. The molecule has 0 saturated carbocycles. The summed E-state index contributed by atoms with van der Waals surface area (Å²) in [6.45, 7) is 27.3. The van der Waals surface area contributed by atoms with Gasteiger partial charge >= 0.3 is 0 Å². The van der Waals surface area contributed by atoms with E-state index in [1.165, 1.54) is 57.4 Å². The number of anilines is 1. The highest BCUT2D eigenvalue weighted by Gasteiger charge is 2.46. The molecule has 0 N–H and O–H groups in total. The Morgan fingerprint density at radius 2 is 1.26 bits per heavy atom. The van der Waals surface area contributed by atoms with Crippen molar-refractivity contribution in [1.82, 2.24) is 4.58 Å². The lowest BCUT2D eigenvalue weighted by molar-refractivity contribution is 0.328. The van der Waals surface area contributed by atoms with E-state index in [1.807, 2.05) is 0 Å². The summed E-state index contributed by atoms with van der Waals surface area (Å²) < 4.78 is 2.75. The van der Waals surface area contributed by atoms with Gasteiger partial charge < -0.3 is 12.3 Å². The predicted octanol–water partition coefficient (Wildman–Crippen LogP) is 6.28. The van der Waals surface area contributed by atoms with E-state index >= 15 is 0 Å². The first-order valence-corrected chi connectivity index (χ1v) is 15.0. The van der Waals surface area contributed by atoms with Gasteiger partial charge in [0.05, 0.1) is 0 Å². The molecule has 0 spiro atoms. The molecule has 0 atom stereocenters. The fraction of sp³-hybridized carbons (Fsp3) is 0.611. The van der Waals surface area contributed by atoms with Crippen LogP contribution in [0.5, 0.6) is 0 Å². The lowest BCUT2D eigenvalue weighted by atomic mass is 9.64. The van der Waals surface area contributed by atoms with Crippen molar-refractivity contribution in [2.75, 3.05) is 31.1 Å². The summed E-state index contributed by atoms with van der Waals surface area (Å²) in [7, 11) is 0. The summed E-state index contributed by atoms with van der Waals surface area (Å²) in [6.07, 6.45) is 6.12. The van der Waals surface area contributed by atoms with E-state index in [4.69, 9.17) is 0 Å². The molecular formula is C36H50N2. The first-order valence-electron chi connectivity index (χ1n) is 15.0. The van der Waals surface area contributed by atoms with Crippen LogP contribution in [0.1, 0.15) is 127 Å². The second-order valence-electron chi connectivity index (χ2n) is 15.7. The molecule has 2 nitrogen and oxygen atoms in total. The van der Waals surface area contributed by atoms with Crippen molar-refractivity contribution in [2.45, 2.75) is 116 Å². The van der Waals surface area contributed by atoms with Crippen LogP contribution in [0.15, 0.2) is 12.1 Å². The largest absolute Gasteiger partial charge is 0.371 e. The Hall–Kier alpha value is -2.09. The molecular weight excluding hydrogens is 460 g/mol. The lowest BCUT2D eigenvalue weighted by Crippen LogP contribution is -2.55. The number of fused-ring (bicyclic) bond motifs is 4. The van der Waals surface area contributed by atoms with Crippen LogP contribution in [-0.2, 0) is 28.1 Å². The van der Waals surface area contributed by atoms with Crippen LogP contribution in [0.4, 0.5) is 5.69 Å². The van der Waals surface area contributed by atoms with Gasteiger partial charge in [-0.25, -0.2) is 4.58 Å². The fourth-order valence-electron chi connectivity index (χ4n) is 8.78. The topological polar surface area (TPSA) is 6.25 Å². The molecule has 1 aliphatic carbocycles. The molecule has 0 amide bonds. The van der Waals surface area contributed by atoms with Crippen LogP contribution in [0.2, 0.25) is 0 Å². The average molecular weight is 511 g/mol. The van der Waals surface area contributed by atoms with Gasteiger partial charge in [0.15, 0.2) is 0 Å². The number of benzene rings is 2. The normalized spacial score (nSPS) is 24.5. The van der Waals surface area contributed by atoms with E-state index in [0.29, 0.717) is 0 Å². The number of hydrogen-bond donors (Lipinski definition) is 0. The summed E-state index contributed by atoms with van der Waals surface area (Å²) in [5.41, 5.74) is 15.4. The van der Waals surface area contributed by atoms with E-state index in [2.05, 4.69) is 83.9 Å². The minimum Gasteiger partial charge on any atom is -0.371 e. The Kier molecular flexibility index (Phi) is 5.34. The molecule has 4 heterocycles. The van der Waals surface area contributed by atoms with Gasteiger partial charge in [0.2, 0.25) is 5.36 Å². The Bertz CT molecular complexity index is 1510. The van der Waals surface area contributed by atoms with Crippen molar-refractivity contribution in [3.8, 4) is 0 Å². The third-order valence-corrected chi connectivity index (χ3v) is 11.4.